The van der Waals surface area contributed by atoms with Gasteiger partial charge in [0.15, 0.2) is 5.96 Å². The predicted octanol–water partition coefficient (Wildman–Crippen LogP) is -4.28. The summed E-state index contributed by atoms with van der Waals surface area (Å²) in [4.78, 5) is 104. The second-order valence-corrected chi connectivity index (χ2v) is 12.8. The molecule has 0 aromatic heterocycles. The molecule has 296 valence electrons. The highest BCUT2D eigenvalue weighted by atomic mass is 32.1. The Morgan fingerprint density at radius 1 is 0.654 bits per heavy atom. The van der Waals surface area contributed by atoms with Gasteiger partial charge in [0.25, 0.3) is 0 Å². The zero-order valence-corrected chi connectivity index (χ0v) is 30.4. The van der Waals surface area contributed by atoms with Crippen molar-refractivity contribution in [2.45, 2.75) is 108 Å². The molecule has 0 aliphatic carbocycles. The lowest BCUT2D eigenvalue weighted by molar-refractivity contribution is -0.141. The molecule has 21 nitrogen and oxygen atoms in total. The Morgan fingerprint density at radius 2 is 1.15 bits per heavy atom. The highest BCUT2D eigenvalue weighted by molar-refractivity contribution is 7.80. The van der Waals surface area contributed by atoms with E-state index in [0.29, 0.717) is 19.4 Å². The quantitative estimate of drug-likeness (QED) is 0.0163. The molecular formula is C30H55N11O10S. The number of guanidine groups is 1. The first-order valence-electron chi connectivity index (χ1n) is 16.7. The Morgan fingerprint density at radius 3 is 1.67 bits per heavy atom. The summed E-state index contributed by atoms with van der Waals surface area (Å²) in [6, 6.07) is -8.07. The molecule has 0 rings (SSSR count). The fourth-order valence-corrected chi connectivity index (χ4v) is 4.87. The van der Waals surface area contributed by atoms with Crippen LogP contribution in [0.3, 0.4) is 0 Å². The number of hydrogen-bond acceptors (Lipinski definition) is 12. The third kappa shape index (κ3) is 20.2. The van der Waals surface area contributed by atoms with E-state index < -0.39 is 96.5 Å². The van der Waals surface area contributed by atoms with E-state index in [9.17, 15) is 43.5 Å². The Labute approximate surface area is 307 Å². The van der Waals surface area contributed by atoms with Crippen molar-refractivity contribution in [3.05, 3.63) is 0 Å². The maximum Gasteiger partial charge on any atom is 0.305 e. The van der Waals surface area contributed by atoms with Gasteiger partial charge in [-0.1, -0.05) is 13.8 Å². The zero-order valence-electron chi connectivity index (χ0n) is 29.5. The molecule has 0 spiro atoms. The van der Waals surface area contributed by atoms with Crippen molar-refractivity contribution in [3.63, 3.8) is 0 Å². The summed E-state index contributed by atoms with van der Waals surface area (Å²) in [5.74, 6) is -8.72. The lowest BCUT2D eigenvalue weighted by atomic mass is 10.0. The minimum Gasteiger partial charge on any atom is -0.481 e. The number of unbranched alkanes of at least 4 members (excludes halogenated alkanes) is 1. The van der Waals surface area contributed by atoms with Crippen LogP contribution in [0.5, 0.6) is 0 Å². The van der Waals surface area contributed by atoms with Crippen molar-refractivity contribution < 1.29 is 48.6 Å². The van der Waals surface area contributed by atoms with Crippen molar-refractivity contribution in [1.29, 1.82) is 0 Å². The Kier molecular flexibility index (Phi) is 23.0. The number of amides is 6. The molecule has 0 unspecified atom stereocenters. The first-order chi connectivity index (χ1) is 24.3. The number of carboxylic acids is 2. The Balaban J connectivity index is 6.00. The lowest BCUT2D eigenvalue weighted by Crippen LogP contribution is -2.60. The number of thiol groups is 1. The van der Waals surface area contributed by atoms with E-state index in [4.69, 9.17) is 33.8 Å². The van der Waals surface area contributed by atoms with Crippen molar-refractivity contribution >= 4 is 66.0 Å². The summed E-state index contributed by atoms with van der Waals surface area (Å²) in [6.45, 7) is 3.92. The van der Waals surface area contributed by atoms with Gasteiger partial charge in [-0.05, 0) is 57.4 Å². The van der Waals surface area contributed by atoms with Gasteiger partial charge in [0.2, 0.25) is 35.4 Å². The molecule has 6 amide bonds. The normalized spacial score (nSPS) is 14.3. The second-order valence-electron chi connectivity index (χ2n) is 12.4. The maximum atomic E-state index is 13.3. The number of hydrogen-bond donors (Lipinski definition) is 13. The summed E-state index contributed by atoms with van der Waals surface area (Å²) in [5, 5.41) is 30.4. The number of primary amides is 1. The molecule has 52 heavy (non-hydrogen) atoms. The molecule has 0 fully saturated rings. The Bertz CT molecular complexity index is 1270. The number of carbonyl (C=O) groups is 8. The fraction of sp³-hybridized carbons (Fsp3) is 0.700. The van der Waals surface area contributed by atoms with Gasteiger partial charge >= 0.3 is 11.9 Å². The first-order valence-corrected chi connectivity index (χ1v) is 17.3. The monoisotopic (exact) mass is 761 g/mol. The summed E-state index contributed by atoms with van der Waals surface area (Å²) in [7, 11) is 0. The van der Waals surface area contributed by atoms with Crippen molar-refractivity contribution in [3.8, 4) is 0 Å². The summed E-state index contributed by atoms with van der Waals surface area (Å²) in [6.07, 6.45) is -0.0610. The summed E-state index contributed by atoms with van der Waals surface area (Å²) >= 11 is 4.11. The molecule has 0 heterocycles. The van der Waals surface area contributed by atoms with E-state index in [1.54, 1.807) is 13.8 Å². The van der Waals surface area contributed by atoms with Crippen LogP contribution in [0.15, 0.2) is 4.99 Å². The van der Waals surface area contributed by atoms with Gasteiger partial charge in [-0.15, -0.1) is 0 Å². The largest absolute Gasteiger partial charge is 0.481 e. The fourth-order valence-electron chi connectivity index (χ4n) is 4.61. The van der Waals surface area contributed by atoms with Crippen LogP contribution in [0.25, 0.3) is 0 Å². The van der Waals surface area contributed by atoms with Gasteiger partial charge in [-0.3, -0.25) is 43.3 Å². The van der Waals surface area contributed by atoms with E-state index in [-0.39, 0.29) is 56.3 Å². The van der Waals surface area contributed by atoms with E-state index in [0.717, 1.165) is 0 Å². The second kappa shape index (κ2) is 25.3. The van der Waals surface area contributed by atoms with Crippen molar-refractivity contribution in [2.75, 3.05) is 18.8 Å². The predicted molar refractivity (Wildman–Crippen MR) is 192 cm³/mol. The van der Waals surface area contributed by atoms with Gasteiger partial charge in [-0.25, -0.2) is 0 Å². The van der Waals surface area contributed by atoms with Crippen LogP contribution < -0.4 is 55.3 Å². The average molecular weight is 762 g/mol. The third-order valence-corrected chi connectivity index (χ3v) is 7.72. The van der Waals surface area contributed by atoms with E-state index in [1.165, 1.54) is 0 Å². The van der Waals surface area contributed by atoms with Gasteiger partial charge in [0, 0.05) is 18.7 Å². The van der Waals surface area contributed by atoms with Crippen LogP contribution in [0.1, 0.15) is 71.6 Å². The number of carbonyl (C=O) groups excluding carboxylic acids is 6. The van der Waals surface area contributed by atoms with Gasteiger partial charge in [0.1, 0.15) is 30.2 Å². The van der Waals surface area contributed by atoms with Gasteiger partial charge in [0.05, 0.1) is 12.5 Å². The van der Waals surface area contributed by atoms with Crippen LogP contribution in [-0.4, -0.2) is 119 Å². The average Bonchev–Trinajstić information content (AvgIpc) is 3.05. The highest BCUT2D eigenvalue weighted by Crippen LogP contribution is 2.09. The molecule has 0 radical (unpaired) electrons. The van der Waals surface area contributed by atoms with Crippen molar-refractivity contribution in [1.82, 2.24) is 26.6 Å². The van der Waals surface area contributed by atoms with Crippen LogP contribution in [0.4, 0.5) is 0 Å². The molecule has 0 bridgehead atoms. The van der Waals surface area contributed by atoms with E-state index in [2.05, 4.69) is 44.2 Å². The van der Waals surface area contributed by atoms with Crippen LogP contribution in [0.2, 0.25) is 0 Å². The van der Waals surface area contributed by atoms with E-state index in [1.807, 2.05) is 0 Å². The molecule has 0 aromatic rings. The minimum atomic E-state index is -1.74. The van der Waals surface area contributed by atoms with Crippen LogP contribution in [-0.2, 0) is 38.4 Å². The minimum absolute atomic E-state index is 0.0174. The molecule has 0 aliphatic heterocycles. The lowest BCUT2D eigenvalue weighted by Gasteiger charge is -2.26. The zero-order chi connectivity index (χ0) is 40.0. The molecule has 6 atom stereocenters. The number of aliphatic imine (C=N–C) groups is 1. The first kappa shape index (κ1) is 47.3. The maximum absolute atomic E-state index is 13.3. The number of rotatable bonds is 27. The molecule has 0 aromatic carbocycles. The Hall–Kier alpha value is -4.70. The van der Waals surface area contributed by atoms with Gasteiger partial charge < -0.3 is 65.5 Å². The topological polar surface area (TPSA) is 380 Å². The summed E-state index contributed by atoms with van der Waals surface area (Å²) < 4.78 is 0. The number of nitrogens with two attached hydrogens (primary N) is 5. The molecule has 22 heteroatoms. The summed E-state index contributed by atoms with van der Waals surface area (Å²) in [5.41, 5.74) is 27.4. The third-order valence-electron chi connectivity index (χ3n) is 7.36. The smallest absolute Gasteiger partial charge is 0.305 e. The number of carboxylic acid groups (broad SMARTS) is 2. The number of aliphatic carboxylic acids is 2. The molecular weight excluding hydrogens is 706 g/mol. The number of nitrogens with one attached hydrogen (secondary N) is 5. The van der Waals surface area contributed by atoms with Crippen LogP contribution in [0, 0.1) is 5.92 Å². The molecule has 0 saturated carbocycles. The molecule has 0 aliphatic rings. The molecule has 0 saturated heterocycles. The standard InChI is InChI=1S/C30H55N11O10S/c1-15(2)12-19(39-25(47)16(32)8-9-22(42)43)27(49)40-20(13-23(44)45)28(50)41-21(14-52)29(51)38-18(7-5-11-36-30(34)35)26(48)37-17(24(33)46)6-3-4-10-31/h15-21,52H,3-14,31-32H2,1-2H3,(H2,33,46)(H,37,48)(H,38,51)(H,39,47)(H,40,49)(H,41,50)(H,42,43)(H,44,45)(H4,34,35,36)/t16-,17-,18-,19-,20-,21-/m0/s1. The molecule has 17 N–H and O–H groups in total. The van der Waals surface area contributed by atoms with E-state index >= 15 is 0 Å². The van der Waals surface area contributed by atoms with Crippen LogP contribution >= 0.6 is 12.6 Å². The number of nitrogens with zero attached hydrogens (tertiary/aromatic N) is 1. The van der Waals surface area contributed by atoms with Crippen molar-refractivity contribution in [2.24, 2.45) is 39.6 Å². The highest BCUT2D eigenvalue weighted by Gasteiger charge is 2.33. The van der Waals surface area contributed by atoms with Gasteiger partial charge in [-0.2, -0.15) is 12.6 Å². The SMILES string of the molecule is CC(C)C[C@H](NC(=O)[C@@H](N)CCC(=O)O)C(=O)N[C@@H](CC(=O)O)C(=O)N[C@@H](CS)C(=O)N[C@@H](CCCN=C(N)N)C(=O)N[C@@H](CCCCN)C(N)=O.